The minimum absolute atomic E-state index is 0.181. The molecule has 4 rings (SSSR count). The Balaban J connectivity index is 1.65. The Labute approximate surface area is 178 Å². The first kappa shape index (κ1) is 19.4. The van der Waals surface area contributed by atoms with E-state index in [-0.39, 0.29) is 5.56 Å². The van der Waals surface area contributed by atoms with E-state index in [0.29, 0.717) is 26.8 Å². The Morgan fingerprint density at radius 1 is 1.07 bits per heavy atom. The molecule has 2 heterocycles. The highest BCUT2D eigenvalue weighted by molar-refractivity contribution is 9.10. The van der Waals surface area contributed by atoms with Crippen molar-refractivity contribution in [2.45, 2.75) is 0 Å². The molecule has 0 bridgehead atoms. The average Bonchev–Trinajstić information content (AvgIpc) is 3.26. The minimum atomic E-state index is -0.181. The van der Waals surface area contributed by atoms with Crippen LogP contribution in [0.4, 0.5) is 0 Å². The van der Waals surface area contributed by atoms with Crippen LogP contribution in [0.1, 0.15) is 17.0 Å². The van der Waals surface area contributed by atoms with Crippen molar-refractivity contribution in [1.29, 1.82) is 0 Å². The first-order valence-electron chi connectivity index (χ1n) is 8.65. The number of halogens is 1. The van der Waals surface area contributed by atoms with Gasteiger partial charge in [0.2, 0.25) is 4.96 Å². The molecule has 29 heavy (non-hydrogen) atoms. The number of methoxy groups -OCH3 is 2. The van der Waals surface area contributed by atoms with Crippen LogP contribution in [0, 0.1) is 0 Å². The Kier molecular flexibility index (Phi) is 5.46. The Morgan fingerprint density at radius 2 is 1.86 bits per heavy atom. The molecule has 2 aromatic carbocycles. The SMILES string of the molecule is COc1ccc(/C=C/c2nc3s/c(=C\c4ccccc4Br)c(=O)n3n2)cc1OC. The maximum atomic E-state index is 12.7. The third kappa shape index (κ3) is 3.94. The highest BCUT2D eigenvalue weighted by Gasteiger charge is 2.09. The van der Waals surface area contributed by atoms with Crippen LogP contribution >= 0.6 is 27.3 Å². The number of aromatic nitrogens is 3. The molecule has 0 aliphatic rings. The molecule has 146 valence electrons. The largest absolute Gasteiger partial charge is 0.493 e. The van der Waals surface area contributed by atoms with Gasteiger partial charge in [-0.25, -0.2) is 0 Å². The Hall–Kier alpha value is -2.97. The minimum Gasteiger partial charge on any atom is -0.493 e. The van der Waals surface area contributed by atoms with Gasteiger partial charge in [-0.2, -0.15) is 9.50 Å². The summed E-state index contributed by atoms with van der Waals surface area (Å²) in [5.74, 6) is 1.77. The highest BCUT2D eigenvalue weighted by atomic mass is 79.9. The van der Waals surface area contributed by atoms with Crippen LogP contribution < -0.4 is 19.6 Å². The van der Waals surface area contributed by atoms with Gasteiger partial charge < -0.3 is 9.47 Å². The van der Waals surface area contributed by atoms with E-state index >= 15 is 0 Å². The molecule has 6 nitrogen and oxygen atoms in total. The Morgan fingerprint density at radius 3 is 2.59 bits per heavy atom. The second kappa shape index (κ2) is 8.18. The van der Waals surface area contributed by atoms with Gasteiger partial charge in [0.25, 0.3) is 5.56 Å². The van der Waals surface area contributed by atoms with Gasteiger partial charge in [0.05, 0.1) is 18.8 Å². The van der Waals surface area contributed by atoms with E-state index in [1.54, 1.807) is 20.3 Å². The zero-order valence-corrected chi connectivity index (χ0v) is 18.0. The molecule has 2 aromatic heterocycles. The number of thiazole rings is 1. The summed E-state index contributed by atoms with van der Waals surface area (Å²) < 4.78 is 13.4. The van der Waals surface area contributed by atoms with Gasteiger partial charge in [0.15, 0.2) is 17.3 Å². The van der Waals surface area contributed by atoms with Crippen LogP contribution in [0.5, 0.6) is 11.5 Å². The number of hydrogen-bond acceptors (Lipinski definition) is 6. The molecule has 0 atom stereocenters. The van der Waals surface area contributed by atoms with Crippen LogP contribution in [-0.2, 0) is 0 Å². The lowest BCUT2D eigenvalue weighted by atomic mass is 10.2. The smallest absolute Gasteiger partial charge is 0.291 e. The summed E-state index contributed by atoms with van der Waals surface area (Å²) in [7, 11) is 3.19. The fourth-order valence-electron chi connectivity index (χ4n) is 2.78. The number of benzene rings is 2. The van der Waals surface area contributed by atoms with Crippen LogP contribution in [-0.4, -0.2) is 28.8 Å². The van der Waals surface area contributed by atoms with Crippen molar-refractivity contribution in [3.8, 4) is 11.5 Å². The normalized spacial score (nSPS) is 12.2. The molecule has 0 N–H and O–H groups in total. The second-order valence-corrected chi connectivity index (χ2v) is 7.91. The average molecular weight is 470 g/mol. The monoisotopic (exact) mass is 469 g/mol. The lowest BCUT2D eigenvalue weighted by Crippen LogP contribution is -2.23. The number of fused-ring (bicyclic) bond motifs is 1. The second-order valence-electron chi connectivity index (χ2n) is 6.05. The zero-order chi connectivity index (χ0) is 20.4. The molecule has 0 saturated heterocycles. The van der Waals surface area contributed by atoms with Gasteiger partial charge in [0.1, 0.15) is 0 Å². The van der Waals surface area contributed by atoms with Gasteiger partial charge in [0, 0.05) is 4.47 Å². The third-order valence-corrected chi connectivity index (χ3v) is 5.90. The van der Waals surface area contributed by atoms with Gasteiger partial charge >= 0.3 is 0 Å². The molecule has 0 amide bonds. The van der Waals surface area contributed by atoms with E-state index in [0.717, 1.165) is 15.6 Å². The predicted molar refractivity (Wildman–Crippen MR) is 119 cm³/mol. The molecular weight excluding hydrogens is 454 g/mol. The van der Waals surface area contributed by atoms with Crippen LogP contribution in [0.2, 0.25) is 0 Å². The summed E-state index contributed by atoms with van der Waals surface area (Å²) in [5, 5.41) is 4.32. The molecule has 0 unspecified atom stereocenters. The van der Waals surface area contributed by atoms with Crippen molar-refractivity contribution in [1.82, 2.24) is 14.6 Å². The summed E-state index contributed by atoms with van der Waals surface area (Å²) in [5.41, 5.74) is 1.66. The van der Waals surface area contributed by atoms with Crippen LogP contribution in [0.25, 0.3) is 23.2 Å². The number of hydrogen-bond donors (Lipinski definition) is 0. The summed E-state index contributed by atoms with van der Waals surface area (Å²) in [6.45, 7) is 0. The molecule has 4 aromatic rings. The molecule has 0 spiro atoms. The lowest BCUT2D eigenvalue weighted by Gasteiger charge is -2.07. The van der Waals surface area contributed by atoms with Crippen molar-refractivity contribution >= 4 is 50.5 Å². The third-order valence-electron chi connectivity index (χ3n) is 4.22. The lowest BCUT2D eigenvalue weighted by molar-refractivity contribution is 0.355. The van der Waals surface area contributed by atoms with Gasteiger partial charge in [-0.3, -0.25) is 4.79 Å². The van der Waals surface area contributed by atoms with Crippen molar-refractivity contribution in [3.63, 3.8) is 0 Å². The van der Waals surface area contributed by atoms with Gasteiger partial charge in [-0.1, -0.05) is 57.6 Å². The molecular formula is C21H16BrN3O3S. The first-order chi connectivity index (χ1) is 14.1. The standard InChI is InChI=1S/C21H16BrN3O3S/c1-27-16-9-7-13(11-17(16)28-2)8-10-19-23-21-25(24-19)20(26)18(29-21)12-14-5-3-4-6-15(14)22/h3-12H,1-2H3/b10-8+,18-12-. The van der Waals surface area contributed by atoms with E-state index in [4.69, 9.17) is 9.47 Å². The number of rotatable bonds is 5. The summed E-state index contributed by atoms with van der Waals surface area (Å²) in [6.07, 6.45) is 5.46. The zero-order valence-electron chi connectivity index (χ0n) is 15.6. The maximum absolute atomic E-state index is 12.7. The molecule has 0 radical (unpaired) electrons. The summed E-state index contributed by atoms with van der Waals surface area (Å²) >= 11 is 4.80. The van der Waals surface area contributed by atoms with Crippen molar-refractivity contribution in [2.24, 2.45) is 0 Å². The number of nitrogens with zero attached hydrogens (tertiary/aromatic N) is 3. The molecule has 8 heteroatoms. The topological polar surface area (TPSA) is 65.7 Å². The number of ether oxygens (including phenoxy) is 2. The van der Waals surface area contributed by atoms with Crippen molar-refractivity contribution in [2.75, 3.05) is 14.2 Å². The van der Waals surface area contributed by atoms with Gasteiger partial charge in [-0.15, -0.1) is 5.10 Å². The fourth-order valence-corrected chi connectivity index (χ4v) is 4.09. The first-order valence-corrected chi connectivity index (χ1v) is 10.3. The molecule has 0 saturated carbocycles. The van der Waals surface area contributed by atoms with E-state index < -0.39 is 0 Å². The maximum Gasteiger partial charge on any atom is 0.291 e. The van der Waals surface area contributed by atoms with E-state index in [1.165, 1.54) is 15.9 Å². The van der Waals surface area contributed by atoms with Crippen molar-refractivity contribution < 1.29 is 9.47 Å². The van der Waals surface area contributed by atoms with Gasteiger partial charge in [-0.05, 0) is 41.5 Å². The van der Waals surface area contributed by atoms with E-state index in [1.807, 2.05) is 54.6 Å². The van der Waals surface area contributed by atoms with Crippen LogP contribution in [0.3, 0.4) is 0 Å². The van der Waals surface area contributed by atoms with Crippen LogP contribution in [0.15, 0.2) is 51.7 Å². The highest BCUT2D eigenvalue weighted by Crippen LogP contribution is 2.28. The summed E-state index contributed by atoms with van der Waals surface area (Å²) in [4.78, 5) is 17.7. The fraction of sp³-hybridized carbons (Fsp3) is 0.0952. The van der Waals surface area contributed by atoms with E-state index in [2.05, 4.69) is 26.0 Å². The molecule has 0 fully saturated rings. The van der Waals surface area contributed by atoms with E-state index in [9.17, 15) is 4.79 Å². The quantitative estimate of drug-likeness (QED) is 0.446. The summed E-state index contributed by atoms with van der Waals surface area (Å²) in [6, 6.07) is 13.3. The van der Waals surface area contributed by atoms with Crippen molar-refractivity contribution in [3.05, 3.63) is 78.8 Å². The predicted octanol–water partition coefficient (Wildman–Crippen LogP) is 3.65. The Bertz CT molecular complexity index is 1330. The molecule has 0 aliphatic carbocycles. The molecule has 0 aliphatic heterocycles.